The molecule has 1 aliphatic rings. The average Bonchev–Trinajstić information content (AvgIpc) is 2.33. The molecule has 16 heavy (non-hydrogen) atoms. The maximum absolute atomic E-state index is 3.62. The first-order valence-corrected chi connectivity index (χ1v) is 6.99. The van der Waals surface area contributed by atoms with Gasteiger partial charge in [0.25, 0.3) is 0 Å². The van der Waals surface area contributed by atoms with Gasteiger partial charge in [0, 0.05) is 5.54 Å². The molecule has 1 nitrogen and oxygen atoms in total. The van der Waals surface area contributed by atoms with Crippen LogP contribution >= 0.6 is 0 Å². The van der Waals surface area contributed by atoms with Crippen molar-refractivity contribution in [2.24, 2.45) is 29.6 Å². The summed E-state index contributed by atoms with van der Waals surface area (Å²) in [5.74, 6) is 4.50. The van der Waals surface area contributed by atoms with Crippen LogP contribution in [0.15, 0.2) is 0 Å². The van der Waals surface area contributed by atoms with E-state index in [1.807, 2.05) is 0 Å². The second kappa shape index (κ2) is 5.08. The van der Waals surface area contributed by atoms with Crippen LogP contribution in [0, 0.1) is 29.6 Å². The van der Waals surface area contributed by atoms with E-state index in [2.05, 4.69) is 53.8 Å². The summed E-state index contributed by atoms with van der Waals surface area (Å²) in [5, 5.41) is 3.62. The predicted molar refractivity (Wildman–Crippen MR) is 72.5 cm³/mol. The van der Waals surface area contributed by atoms with Crippen LogP contribution in [0.3, 0.4) is 0 Å². The molecule has 1 saturated carbocycles. The Morgan fingerprint density at radius 3 is 1.62 bits per heavy atom. The summed E-state index contributed by atoms with van der Waals surface area (Å²) < 4.78 is 0. The Bertz CT molecular complexity index is 202. The smallest absolute Gasteiger partial charge is 0.00965 e. The third-order valence-electron chi connectivity index (χ3n) is 4.97. The van der Waals surface area contributed by atoms with E-state index in [0.29, 0.717) is 0 Å². The lowest BCUT2D eigenvalue weighted by atomic mass is 9.86. The van der Waals surface area contributed by atoms with Crippen molar-refractivity contribution >= 4 is 0 Å². The van der Waals surface area contributed by atoms with Gasteiger partial charge in [-0.05, 0) is 63.3 Å². The van der Waals surface area contributed by atoms with Crippen molar-refractivity contribution in [2.45, 2.75) is 60.4 Å². The molecule has 0 radical (unpaired) electrons. The molecule has 0 saturated heterocycles. The van der Waals surface area contributed by atoms with Crippen LogP contribution in [0.4, 0.5) is 0 Å². The van der Waals surface area contributed by atoms with Crippen molar-refractivity contribution in [1.29, 1.82) is 0 Å². The van der Waals surface area contributed by atoms with E-state index in [1.165, 1.54) is 13.0 Å². The lowest BCUT2D eigenvalue weighted by Crippen LogP contribution is -2.37. The van der Waals surface area contributed by atoms with Crippen molar-refractivity contribution in [3.8, 4) is 0 Å². The van der Waals surface area contributed by atoms with Gasteiger partial charge in [0.2, 0.25) is 0 Å². The molecule has 1 fully saturated rings. The third-order valence-corrected chi connectivity index (χ3v) is 4.97. The molecule has 0 aromatic heterocycles. The molecule has 0 aromatic carbocycles. The lowest BCUT2D eigenvalue weighted by molar-refractivity contribution is 0.282. The Kier molecular flexibility index (Phi) is 4.45. The highest BCUT2D eigenvalue weighted by molar-refractivity contribution is 4.90. The number of hydrogen-bond donors (Lipinski definition) is 1. The minimum atomic E-state index is 0.266. The predicted octanol–water partition coefficient (Wildman–Crippen LogP) is 3.94. The summed E-state index contributed by atoms with van der Waals surface area (Å²) >= 11 is 0. The van der Waals surface area contributed by atoms with E-state index in [-0.39, 0.29) is 5.54 Å². The molecule has 4 unspecified atom stereocenters. The molecule has 0 aliphatic heterocycles. The van der Waals surface area contributed by atoms with Crippen LogP contribution in [0.1, 0.15) is 54.9 Å². The molecule has 0 spiro atoms. The molecule has 1 heteroatoms. The first kappa shape index (κ1) is 14.0. The maximum Gasteiger partial charge on any atom is 0.00965 e. The summed E-state index contributed by atoms with van der Waals surface area (Å²) in [5.41, 5.74) is 0.266. The zero-order chi connectivity index (χ0) is 12.5. The van der Waals surface area contributed by atoms with Crippen molar-refractivity contribution in [3.63, 3.8) is 0 Å². The summed E-state index contributed by atoms with van der Waals surface area (Å²) in [6, 6.07) is 0. The van der Waals surface area contributed by atoms with Crippen LogP contribution < -0.4 is 5.32 Å². The first-order valence-electron chi connectivity index (χ1n) is 6.99. The third kappa shape index (κ3) is 3.23. The standard InChI is InChI=1S/C15H31N/c1-10-11(2)13(4)14(12(10)3)8-9-16-15(5,6)7/h10-14,16H,8-9H2,1-7H3. The molecule has 1 rings (SSSR count). The Balaban J connectivity index is 2.43. The highest BCUT2D eigenvalue weighted by Gasteiger charge is 2.40. The monoisotopic (exact) mass is 225 g/mol. The summed E-state index contributed by atoms with van der Waals surface area (Å²) in [7, 11) is 0. The quantitative estimate of drug-likeness (QED) is 0.767. The molecule has 1 aliphatic carbocycles. The molecule has 4 atom stereocenters. The summed E-state index contributed by atoms with van der Waals surface area (Å²) in [4.78, 5) is 0. The zero-order valence-corrected chi connectivity index (χ0v) is 12.3. The van der Waals surface area contributed by atoms with Crippen molar-refractivity contribution in [1.82, 2.24) is 5.32 Å². The van der Waals surface area contributed by atoms with Gasteiger partial charge in [0.05, 0.1) is 0 Å². The largest absolute Gasteiger partial charge is 0.312 e. The van der Waals surface area contributed by atoms with Crippen LogP contribution in [0.25, 0.3) is 0 Å². The van der Waals surface area contributed by atoms with Gasteiger partial charge in [-0.1, -0.05) is 27.7 Å². The van der Waals surface area contributed by atoms with Crippen LogP contribution in [0.5, 0.6) is 0 Å². The minimum absolute atomic E-state index is 0.266. The van der Waals surface area contributed by atoms with Gasteiger partial charge >= 0.3 is 0 Å². The second-order valence-electron chi connectivity index (χ2n) is 7.07. The van der Waals surface area contributed by atoms with Crippen molar-refractivity contribution in [2.75, 3.05) is 6.54 Å². The van der Waals surface area contributed by atoms with E-state index in [4.69, 9.17) is 0 Å². The fourth-order valence-electron chi connectivity index (χ4n) is 3.36. The number of nitrogens with one attached hydrogen (secondary N) is 1. The topological polar surface area (TPSA) is 12.0 Å². The van der Waals surface area contributed by atoms with E-state index >= 15 is 0 Å². The molecular weight excluding hydrogens is 194 g/mol. The molecule has 0 aromatic rings. The SMILES string of the molecule is CC1C(C)C(C)C(CCNC(C)(C)C)C1C. The van der Waals surface area contributed by atoms with Gasteiger partial charge < -0.3 is 5.32 Å². The molecule has 0 bridgehead atoms. The van der Waals surface area contributed by atoms with E-state index in [0.717, 1.165) is 29.6 Å². The van der Waals surface area contributed by atoms with Gasteiger partial charge in [0.15, 0.2) is 0 Å². The van der Waals surface area contributed by atoms with Gasteiger partial charge in [-0.3, -0.25) is 0 Å². The van der Waals surface area contributed by atoms with Gasteiger partial charge in [-0.2, -0.15) is 0 Å². The normalized spacial score (nSPS) is 40.3. The highest BCUT2D eigenvalue weighted by atomic mass is 14.9. The Labute approximate surface area is 102 Å². The van der Waals surface area contributed by atoms with Crippen molar-refractivity contribution < 1.29 is 0 Å². The fraction of sp³-hybridized carbons (Fsp3) is 1.00. The average molecular weight is 225 g/mol. The molecule has 0 heterocycles. The molecule has 0 amide bonds. The van der Waals surface area contributed by atoms with Gasteiger partial charge in [-0.15, -0.1) is 0 Å². The Morgan fingerprint density at radius 1 is 0.812 bits per heavy atom. The molecule has 1 N–H and O–H groups in total. The fourth-order valence-corrected chi connectivity index (χ4v) is 3.36. The van der Waals surface area contributed by atoms with Crippen LogP contribution in [-0.2, 0) is 0 Å². The molecule has 96 valence electrons. The molecular formula is C15H31N. The van der Waals surface area contributed by atoms with Gasteiger partial charge in [-0.25, -0.2) is 0 Å². The van der Waals surface area contributed by atoms with Crippen LogP contribution in [-0.4, -0.2) is 12.1 Å². The Hall–Kier alpha value is -0.0400. The zero-order valence-electron chi connectivity index (χ0n) is 12.3. The maximum atomic E-state index is 3.62. The van der Waals surface area contributed by atoms with Crippen molar-refractivity contribution in [3.05, 3.63) is 0 Å². The second-order valence-corrected chi connectivity index (χ2v) is 7.07. The van der Waals surface area contributed by atoms with Crippen LogP contribution in [0.2, 0.25) is 0 Å². The summed E-state index contributed by atoms with van der Waals surface area (Å²) in [6.07, 6.45) is 1.34. The van der Waals surface area contributed by atoms with E-state index < -0.39 is 0 Å². The lowest BCUT2D eigenvalue weighted by Gasteiger charge is -2.25. The number of hydrogen-bond acceptors (Lipinski definition) is 1. The van der Waals surface area contributed by atoms with E-state index in [9.17, 15) is 0 Å². The van der Waals surface area contributed by atoms with Gasteiger partial charge in [0.1, 0.15) is 0 Å². The minimum Gasteiger partial charge on any atom is -0.312 e. The Morgan fingerprint density at radius 2 is 1.25 bits per heavy atom. The highest BCUT2D eigenvalue weighted by Crippen LogP contribution is 2.46. The van der Waals surface area contributed by atoms with E-state index in [1.54, 1.807) is 0 Å². The first-order chi connectivity index (χ1) is 7.24. The summed E-state index contributed by atoms with van der Waals surface area (Å²) in [6.45, 7) is 17.7. The number of rotatable bonds is 3.